The van der Waals surface area contributed by atoms with Crippen molar-refractivity contribution < 1.29 is 22.7 Å². The van der Waals surface area contributed by atoms with Gasteiger partial charge in [0.05, 0.1) is 17.7 Å². The minimum absolute atomic E-state index is 0.0571. The Hall–Kier alpha value is -3.85. The number of nitrogens with one attached hydrogen (secondary N) is 1. The van der Waals surface area contributed by atoms with Gasteiger partial charge in [-0.05, 0) is 74.7 Å². The summed E-state index contributed by atoms with van der Waals surface area (Å²) in [6.07, 6.45) is 0.741. The summed E-state index contributed by atoms with van der Waals surface area (Å²) in [6.45, 7) is 7.13. The maximum Gasteiger partial charge on any atom is 0.264 e. The third-order valence-electron chi connectivity index (χ3n) is 6.74. The molecule has 8 nitrogen and oxygen atoms in total. The minimum atomic E-state index is -4.11. The van der Waals surface area contributed by atoms with Gasteiger partial charge in [0.25, 0.3) is 10.0 Å². The molecule has 1 N–H and O–H groups in total. The Morgan fingerprint density at radius 2 is 1.54 bits per heavy atom. The van der Waals surface area contributed by atoms with Gasteiger partial charge in [-0.25, -0.2) is 8.42 Å². The molecule has 2 unspecified atom stereocenters. The Bertz CT molecular complexity index is 1360. The fourth-order valence-corrected chi connectivity index (χ4v) is 5.45. The summed E-state index contributed by atoms with van der Waals surface area (Å²) in [4.78, 5) is 28.6. The summed E-state index contributed by atoms with van der Waals surface area (Å²) in [6, 6.07) is 21.2. The van der Waals surface area contributed by atoms with E-state index < -0.39 is 28.5 Å². The second-order valence-electron chi connectivity index (χ2n) is 9.46. The zero-order chi connectivity index (χ0) is 28.6. The van der Waals surface area contributed by atoms with E-state index in [9.17, 15) is 18.0 Å². The van der Waals surface area contributed by atoms with Gasteiger partial charge in [-0.1, -0.05) is 49.4 Å². The molecule has 0 saturated carbocycles. The summed E-state index contributed by atoms with van der Waals surface area (Å²) in [5, 5.41) is 2.94. The highest BCUT2D eigenvalue weighted by molar-refractivity contribution is 7.92. The molecule has 0 aliphatic heterocycles. The third-order valence-corrected chi connectivity index (χ3v) is 8.53. The number of rotatable bonds is 12. The van der Waals surface area contributed by atoms with Crippen molar-refractivity contribution in [3.63, 3.8) is 0 Å². The molecular formula is C30H37N3O5S. The average Bonchev–Trinajstić information content (AvgIpc) is 2.95. The number of ether oxygens (including phenoxy) is 1. The van der Waals surface area contributed by atoms with Gasteiger partial charge in [0.2, 0.25) is 11.8 Å². The van der Waals surface area contributed by atoms with Crippen LogP contribution in [-0.4, -0.2) is 50.9 Å². The minimum Gasteiger partial charge on any atom is -0.497 e. The first-order valence-electron chi connectivity index (χ1n) is 12.9. The molecule has 0 radical (unpaired) electrons. The zero-order valence-electron chi connectivity index (χ0n) is 23.1. The first-order chi connectivity index (χ1) is 18.6. The molecular weight excluding hydrogens is 514 g/mol. The molecule has 3 rings (SSSR count). The number of anilines is 1. The molecule has 0 aliphatic rings. The highest BCUT2D eigenvalue weighted by atomic mass is 32.2. The van der Waals surface area contributed by atoms with Gasteiger partial charge in [-0.15, -0.1) is 0 Å². The van der Waals surface area contributed by atoms with Crippen molar-refractivity contribution in [2.24, 2.45) is 0 Å². The number of methoxy groups -OCH3 is 1. The highest BCUT2D eigenvalue weighted by Gasteiger charge is 2.33. The molecule has 39 heavy (non-hydrogen) atoms. The van der Waals surface area contributed by atoms with Crippen LogP contribution < -0.4 is 14.4 Å². The van der Waals surface area contributed by atoms with Crippen molar-refractivity contribution >= 4 is 27.5 Å². The number of carbonyl (C=O) groups excluding carboxylic acids is 2. The van der Waals surface area contributed by atoms with Crippen molar-refractivity contribution in [1.82, 2.24) is 10.2 Å². The van der Waals surface area contributed by atoms with Crippen LogP contribution in [-0.2, 0) is 26.2 Å². The number of amides is 2. The number of carbonyl (C=O) groups is 2. The van der Waals surface area contributed by atoms with Crippen LogP contribution in [0.5, 0.6) is 5.75 Å². The molecule has 0 heterocycles. The van der Waals surface area contributed by atoms with E-state index >= 15 is 0 Å². The van der Waals surface area contributed by atoms with E-state index in [2.05, 4.69) is 5.32 Å². The molecule has 3 aromatic rings. The summed E-state index contributed by atoms with van der Waals surface area (Å²) in [5.41, 5.74) is 2.14. The van der Waals surface area contributed by atoms with Gasteiger partial charge in [0.15, 0.2) is 0 Å². The number of hydrogen-bond donors (Lipinski definition) is 1. The lowest BCUT2D eigenvalue weighted by Crippen LogP contribution is -2.52. The van der Waals surface area contributed by atoms with Crippen LogP contribution >= 0.6 is 0 Å². The molecule has 0 aliphatic carbocycles. The number of hydrogen-bond acceptors (Lipinski definition) is 5. The van der Waals surface area contributed by atoms with Crippen LogP contribution in [0.2, 0.25) is 0 Å². The summed E-state index contributed by atoms with van der Waals surface area (Å²) in [5.74, 6) is -0.243. The molecule has 2 atom stereocenters. The highest BCUT2D eigenvalue weighted by Crippen LogP contribution is 2.26. The van der Waals surface area contributed by atoms with Crippen molar-refractivity contribution in [2.45, 2.75) is 57.6 Å². The van der Waals surface area contributed by atoms with Gasteiger partial charge in [-0.2, -0.15) is 0 Å². The number of aryl methyl sites for hydroxylation is 1. The van der Waals surface area contributed by atoms with E-state index in [1.54, 1.807) is 49.4 Å². The maximum absolute atomic E-state index is 14.0. The second-order valence-corrected chi connectivity index (χ2v) is 11.3. The monoisotopic (exact) mass is 551 g/mol. The van der Waals surface area contributed by atoms with Crippen molar-refractivity contribution in [3.8, 4) is 5.75 Å². The van der Waals surface area contributed by atoms with Crippen LogP contribution in [0.1, 0.15) is 38.3 Å². The zero-order valence-corrected chi connectivity index (χ0v) is 23.9. The number of nitrogens with zero attached hydrogens (tertiary/aromatic N) is 2. The lowest BCUT2D eigenvalue weighted by Gasteiger charge is -2.32. The van der Waals surface area contributed by atoms with Gasteiger partial charge >= 0.3 is 0 Å². The molecule has 2 amide bonds. The lowest BCUT2D eigenvalue weighted by atomic mass is 10.1. The van der Waals surface area contributed by atoms with Gasteiger partial charge < -0.3 is 15.0 Å². The molecule has 0 fully saturated rings. The first-order valence-corrected chi connectivity index (χ1v) is 14.4. The fourth-order valence-electron chi connectivity index (χ4n) is 4.02. The van der Waals surface area contributed by atoms with Gasteiger partial charge in [0.1, 0.15) is 18.3 Å². The van der Waals surface area contributed by atoms with Gasteiger partial charge in [-0.3, -0.25) is 13.9 Å². The first kappa shape index (κ1) is 29.7. The van der Waals surface area contributed by atoms with Crippen LogP contribution in [0.3, 0.4) is 0 Å². The van der Waals surface area contributed by atoms with E-state index in [1.807, 2.05) is 45.0 Å². The van der Waals surface area contributed by atoms with E-state index in [4.69, 9.17) is 4.74 Å². The Labute approximate surface area is 231 Å². The number of benzene rings is 3. The number of sulfonamides is 1. The SMILES string of the molecule is CCC(C)NC(=O)C(C)N(Cc1ccccc1C)C(=O)CN(c1ccc(OC)cc1)S(=O)(=O)c1ccccc1. The molecule has 9 heteroatoms. The fraction of sp³-hybridized carbons (Fsp3) is 0.333. The molecule has 0 bridgehead atoms. The smallest absolute Gasteiger partial charge is 0.264 e. The summed E-state index contributed by atoms with van der Waals surface area (Å²) >= 11 is 0. The molecule has 208 valence electrons. The predicted octanol–water partition coefficient (Wildman–Crippen LogP) is 4.53. The summed E-state index contributed by atoms with van der Waals surface area (Å²) in [7, 11) is -2.59. The van der Waals surface area contributed by atoms with Crippen molar-refractivity contribution in [1.29, 1.82) is 0 Å². The average molecular weight is 552 g/mol. The van der Waals surface area contributed by atoms with Crippen LogP contribution in [0.15, 0.2) is 83.8 Å². The lowest BCUT2D eigenvalue weighted by molar-refractivity contribution is -0.139. The maximum atomic E-state index is 14.0. The standard InChI is InChI=1S/C30H37N3O5S/c1-6-23(3)31-30(35)24(4)32(20-25-13-11-10-12-22(25)2)29(34)21-33(26-16-18-27(38-5)19-17-26)39(36,37)28-14-8-7-9-15-28/h7-19,23-24H,6,20-21H2,1-5H3,(H,31,35). The normalized spacial score (nSPS) is 12.7. The largest absolute Gasteiger partial charge is 0.497 e. The Balaban J connectivity index is 2.02. The quantitative estimate of drug-likeness (QED) is 0.357. The van der Waals surface area contributed by atoms with Crippen molar-refractivity contribution in [2.75, 3.05) is 18.0 Å². The molecule has 0 spiro atoms. The summed E-state index contributed by atoms with van der Waals surface area (Å²) < 4.78 is 33.9. The predicted molar refractivity (Wildman–Crippen MR) is 153 cm³/mol. The third kappa shape index (κ3) is 7.38. The Kier molecular flexibility index (Phi) is 10.1. The van der Waals surface area contributed by atoms with Crippen molar-refractivity contribution in [3.05, 3.63) is 90.0 Å². The van der Waals surface area contributed by atoms with E-state index in [0.29, 0.717) is 11.4 Å². The molecule has 3 aromatic carbocycles. The Morgan fingerprint density at radius 3 is 2.13 bits per heavy atom. The second kappa shape index (κ2) is 13.3. The molecule has 0 aromatic heterocycles. The Morgan fingerprint density at radius 1 is 0.923 bits per heavy atom. The molecule has 0 saturated heterocycles. The van der Waals surface area contributed by atoms with Gasteiger partial charge in [0, 0.05) is 12.6 Å². The van der Waals surface area contributed by atoms with E-state index in [0.717, 1.165) is 21.9 Å². The van der Waals surface area contributed by atoms with Crippen LogP contribution in [0, 0.1) is 6.92 Å². The van der Waals surface area contributed by atoms with Crippen LogP contribution in [0.4, 0.5) is 5.69 Å². The van der Waals surface area contributed by atoms with Crippen LogP contribution in [0.25, 0.3) is 0 Å². The topological polar surface area (TPSA) is 96.0 Å². The van der Waals surface area contributed by atoms with E-state index in [1.165, 1.54) is 24.1 Å². The van der Waals surface area contributed by atoms with E-state index in [-0.39, 0.29) is 23.4 Å².